The van der Waals surface area contributed by atoms with Crippen molar-refractivity contribution in [2.45, 2.75) is 20.8 Å². The van der Waals surface area contributed by atoms with Crippen LogP contribution in [0.15, 0.2) is 34.8 Å². The van der Waals surface area contributed by atoms with E-state index >= 15 is 0 Å². The van der Waals surface area contributed by atoms with Crippen LogP contribution in [-0.2, 0) is 0 Å². The predicted octanol–water partition coefficient (Wildman–Crippen LogP) is 4.86. The summed E-state index contributed by atoms with van der Waals surface area (Å²) in [7, 11) is 0. The van der Waals surface area contributed by atoms with Gasteiger partial charge in [-0.15, -0.1) is 0 Å². The summed E-state index contributed by atoms with van der Waals surface area (Å²) in [6, 6.07) is 8.86. The second-order valence-electron chi connectivity index (χ2n) is 4.73. The molecule has 1 N–H and O–H groups in total. The number of carbonyl (C=O) groups is 1. The van der Waals surface area contributed by atoms with E-state index in [4.69, 9.17) is 4.74 Å². The van der Waals surface area contributed by atoms with Gasteiger partial charge in [-0.3, -0.25) is 0 Å². The highest BCUT2D eigenvalue weighted by atomic mass is 79.9. The number of benzene rings is 2. The van der Waals surface area contributed by atoms with Gasteiger partial charge in [-0.25, -0.2) is 4.79 Å². The molecular weight excluding hydrogens is 320 g/mol. The molecule has 0 aliphatic carbocycles. The van der Waals surface area contributed by atoms with Crippen molar-refractivity contribution < 1.29 is 14.6 Å². The number of halogens is 1. The minimum atomic E-state index is -0.991. The first-order valence-electron chi connectivity index (χ1n) is 6.17. The van der Waals surface area contributed by atoms with Crippen molar-refractivity contribution in [3.05, 3.63) is 57.1 Å². The first kappa shape index (κ1) is 14.6. The number of hydrogen-bond donors (Lipinski definition) is 1. The Morgan fingerprint density at radius 2 is 1.70 bits per heavy atom. The van der Waals surface area contributed by atoms with Crippen LogP contribution in [0.1, 0.15) is 27.0 Å². The quantitative estimate of drug-likeness (QED) is 0.871. The highest BCUT2D eigenvalue weighted by Crippen LogP contribution is 2.32. The number of aryl methyl sites for hydroxylation is 3. The van der Waals surface area contributed by atoms with Crippen LogP contribution in [0.2, 0.25) is 0 Å². The topological polar surface area (TPSA) is 46.5 Å². The van der Waals surface area contributed by atoms with E-state index in [0.717, 1.165) is 21.2 Å². The highest BCUT2D eigenvalue weighted by molar-refractivity contribution is 9.10. The van der Waals surface area contributed by atoms with E-state index < -0.39 is 5.97 Å². The third-order valence-corrected chi connectivity index (χ3v) is 4.32. The molecule has 2 aromatic carbocycles. The molecule has 0 amide bonds. The molecule has 0 aromatic heterocycles. The molecule has 0 bridgehead atoms. The van der Waals surface area contributed by atoms with Crippen molar-refractivity contribution in [1.82, 2.24) is 0 Å². The molecule has 0 unspecified atom stereocenters. The van der Waals surface area contributed by atoms with Crippen molar-refractivity contribution in [3.63, 3.8) is 0 Å². The van der Waals surface area contributed by atoms with E-state index in [1.165, 1.54) is 0 Å². The molecule has 0 saturated carbocycles. The maximum absolute atomic E-state index is 11.3. The van der Waals surface area contributed by atoms with Gasteiger partial charge in [0.1, 0.15) is 17.1 Å². The van der Waals surface area contributed by atoms with Crippen LogP contribution in [0.25, 0.3) is 0 Å². The zero-order valence-corrected chi connectivity index (χ0v) is 13.1. The zero-order valence-electron chi connectivity index (χ0n) is 11.5. The fourth-order valence-corrected chi connectivity index (χ4v) is 2.27. The van der Waals surface area contributed by atoms with Gasteiger partial charge in [-0.2, -0.15) is 0 Å². The van der Waals surface area contributed by atoms with Gasteiger partial charge in [0.05, 0.1) is 0 Å². The summed E-state index contributed by atoms with van der Waals surface area (Å²) in [5.41, 5.74) is 3.06. The number of carboxylic acid groups (broad SMARTS) is 1. The molecule has 3 nitrogen and oxygen atoms in total. The van der Waals surface area contributed by atoms with Crippen LogP contribution in [0.4, 0.5) is 0 Å². The highest BCUT2D eigenvalue weighted by Gasteiger charge is 2.15. The van der Waals surface area contributed by atoms with Crippen LogP contribution in [0, 0.1) is 20.8 Å². The monoisotopic (exact) mass is 334 g/mol. The summed E-state index contributed by atoms with van der Waals surface area (Å²) < 4.78 is 6.85. The third-order valence-electron chi connectivity index (χ3n) is 3.07. The molecule has 4 heteroatoms. The second kappa shape index (κ2) is 5.67. The summed E-state index contributed by atoms with van der Waals surface area (Å²) in [6.45, 7) is 5.78. The van der Waals surface area contributed by atoms with Crippen molar-refractivity contribution in [3.8, 4) is 11.5 Å². The summed E-state index contributed by atoms with van der Waals surface area (Å²) >= 11 is 3.50. The molecule has 2 aromatic rings. The lowest BCUT2D eigenvalue weighted by Crippen LogP contribution is -2.01. The van der Waals surface area contributed by atoms with Gasteiger partial charge in [0.15, 0.2) is 0 Å². The molecule has 0 aliphatic rings. The normalized spacial score (nSPS) is 10.4. The molecule has 0 fully saturated rings. The van der Waals surface area contributed by atoms with E-state index in [1.54, 1.807) is 12.1 Å². The number of hydrogen-bond acceptors (Lipinski definition) is 2. The van der Waals surface area contributed by atoms with Gasteiger partial charge in [0.2, 0.25) is 0 Å². The van der Waals surface area contributed by atoms with Crippen LogP contribution in [0.3, 0.4) is 0 Å². The van der Waals surface area contributed by atoms with Crippen LogP contribution >= 0.6 is 15.9 Å². The molecule has 2 rings (SSSR count). The molecule has 0 aliphatic heterocycles. The predicted molar refractivity (Wildman–Crippen MR) is 81.8 cm³/mol. The molecule has 0 heterocycles. The van der Waals surface area contributed by atoms with E-state index in [9.17, 15) is 9.90 Å². The van der Waals surface area contributed by atoms with Gasteiger partial charge >= 0.3 is 5.97 Å². The lowest BCUT2D eigenvalue weighted by atomic mass is 10.1. The van der Waals surface area contributed by atoms with Crippen LogP contribution in [-0.4, -0.2) is 11.1 Å². The van der Waals surface area contributed by atoms with E-state index in [2.05, 4.69) is 15.9 Å². The number of para-hydroxylation sites is 1. The number of carboxylic acids is 1. The zero-order chi connectivity index (χ0) is 14.9. The Balaban J connectivity index is 2.47. The fourth-order valence-electron chi connectivity index (χ4n) is 2.04. The van der Waals surface area contributed by atoms with Crippen molar-refractivity contribution in [1.29, 1.82) is 0 Å². The molecule has 20 heavy (non-hydrogen) atoms. The van der Waals surface area contributed by atoms with Gasteiger partial charge in [0, 0.05) is 4.47 Å². The average molecular weight is 335 g/mol. The van der Waals surface area contributed by atoms with E-state index in [-0.39, 0.29) is 5.56 Å². The van der Waals surface area contributed by atoms with Gasteiger partial charge in [-0.05, 0) is 55.7 Å². The Hall–Kier alpha value is -1.81. The molecular formula is C16H15BrO3. The average Bonchev–Trinajstić information content (AvgIpc) is 2.38. The second-order valence-corrected chi connectivity index (χ2v) is 5.52. The molecule has 0 atom stereocenters. The summed E-state index contributed by atoms with van der Waals surface area (Å²) in [5, 5.41) is 9.23. The lowest BCUT2D eigenvalue weighted by molar-refractivity contribution is 0.0694. The Bertz CT molecular complexity index is 654. The standard InChI is InChI=1S/C16H15BrO3/c1-9-5-4-6-13(16(18)19)15(9)20-12-7-10(2)14(17)11(3)8-12/h4-8H,1-3H3,(H,18,19). The van der Waals surface area contributed by atoms with E-state index in [0.29, 0.717) is 11.5 Å². The first-order valence-corrected chi connectivity index (χ1v) is 6.97. The summed E-state index contributed by atoms with van der Waals surface area (Å²) in [5.74, 6) is 0.0374. The van der Waals surface area contributed by atoms with Gasteiger partial charge < -0.3 is 9.84 Å². The van der Waals surface area contributed by atoms with Crippen LogP contribution < -0.4 is 4.74 Å². The Morgan fingerprint density at radius 1 is 1.10 bits per heavy atom. The maximum atomic E-state index is 11.3. The molecule has 0 radical (unpaired) electrons. The summed E-state index contributed by atoms with van der Waals surface area (Å²) in [4.78, 5) is 11.3. The van der Waals surface area contributed by atoms with Gasteiger partial charge in [-0.1, -0.05) is 28.1 Å². The number of rotatable bonds is 3. The van der Waals surface area contributed by atoms with Crippen molar-refractivity contribution in [2.75, 3.05) is 0 Å². The molecule has 104 valence electrons. The third kappa shape index (κ3) is 2.85. The van der Waals surface area contributed by atoms with Crippen molar-refractivity contribution >= 4 is 21.9 Å². The smallest absolute Gasteiger partial charge is 0.339 e. The number of aromatic carboxylic acids is 1. The molecule has 0 saturated heterocycles. The number of ether oxygens (including phenoxy) is 1. The largest absolute Gasteiger partial charge is 0.478 e. The van der Waals surface area contributed by atoms with Crippen LogP contribution in [0.5, 0.6) is 11.5 Å². The Kier molecular flexibility index (Phi) is 4.14. The summed E-state index contributed by atoms with van der Waals surface area (Å²) in [6.07, 6.45) is 0. The minimum Gasteiger partial charge on any atom is -0.478 e. The van der Waals surface area contributed by atoms with Gasteiger partial charge in [0.25, 0.3) is 0 Å². The minimum absolute atomic E-state index is 0.170. The fraction of sp³-hybridized carbons (Fsp3) is 0.188. The first-order chi connectivity index (χ1) is 9.40. The maximum Gasteiger partial charge on any atom is 0.339 e. The van der Waals surface area contributed by atoms with E-state index in [1.807, 2.05) is 39.0 Å². The molecule has 0 spiro atoms. The lowest BCUT2D eigenvalue weighted by Gasteiger charge is -2.13. The Morgan fingerprint density at radius 3 is 2.25 bits per heavy atom. The van der Waals surface area contributed by atoms with Crippen molar-refractivity contribution in [2.24, 2.45) is 0 Å². The Labute approximate surface area is 126 Å². The SMILES string of the molecule is Cc1cc(Oc2c(C)cccc2C(=O)O)cc(C)c1Br.